The number of carbonyl (C=O) groups excluding carboxylic acids is 1. The number of nitrogens with zero attached hydrogens (tertiary/aromatic N) is 2. The van der Waals surface area contributed by atoms with E-state index in [-0.39, 0.29) is 18.4 Å². The van der Waals surface area contributed by atoms with Crippen molar-refractivity contribution < 1.29 is 9.00 Å². The highest BCUT2D eigenvalue weighted by Gasteiger charge is 2.23. The maximum atomic E-state index is 12.4. The SMILES string of the molecule is C=C(/C=C\C(CC#N)=C(/C)S(C)=O)c1ccc(C[C@@H](C#N)NC(=O)[C@@H]2CCCCN2)cc1. The average molecular weight is 451 g/mol. The minimum absolute atomic E-state index is 0.115. The lowest BCUT2D eigenvalue weighted by atomic mass is 10.00. The zero-order valence-corrected chi connectivity index (χ0v) is 19.5. The first kappa shape index (κ1) is 25.3. The molecule has 0 saturated carbocycles. The second-order valence-electron chi connectivity index (χ2n) is 7.82. The van der Waals surface area contributed by atoms with Gasteiger partial charge in [0.25, 0.3) is 0 Å². The highest BCUT2D eigenvalue weighted by Crippen LogP contribution is 2.19. The number of nitriles is 2. The molecule has 0 spiro atoms. The van der Waals surface area contributed by atoms with Gasteiger partial charge in [-0.05, 0) is 48.6 Å². The standard InChI is InChI=1S/C25H30N4O2S/c1-18(7-10-22(13-14-26)19(2)32(3)31)21-11-8-20(9-12-21)16-23(17-27)29-25(30)24-6-4-5-15-28-24/h7-12,23-24,28H,1,4-6,13,15-16H2,2-3H3,(H,29,30)/b10-7-,22-19-/t23-,24-,32?/m0/s1. The maximum absolute atomic E-state index is 12.4. The molecule has 3 atom stereocenters. The van der Waals surface area contributed by atoms with E-state index in [1.165, 1.54) is 0 Å². The molecule has 2 N–H and O–H groups in total. The third-order valence-electron chi connectivity index (χ3n) is 5.50. The van der Waals surface area contributed by atoms with Crippen LogP contribution in [-0.2, 0) is 22.0 Å². The molecular formula is C25H30N4O2S. The molecule has 32 heavy (non-hydrogen) atoms. The molecule has 168 valence electrons. The highest BCUT2D eigenvalue weighted by molar-refractivity contribution is 7.88. The number of benzene rings is 1. The van der Waals surface area contributed by atoms with Gasteiger partial charge >= 0.3 is 0 Å². The van der Waals surface area contributed by atoms with E-state index < -0.39 is 16.8 Å². The fourth-order valence-electron chi connectivity index (χ4n) is 3.44. The number of nitrogens with one attached hydrogen (secondary N) is 2. The molecule has 2 rings (SSSR count). The molecule has 1 aliphatic rings. The summed E-state index contributed by atoms with van der Waals surface area (Å²) in [7, 11) is -1.13. The Morgan fingerprint density at radius 3 is 2.59 bits per heavy atom. The van der Waals surface area contributed by atoms with Crippen molar-refractivity contribution in [1.29, 1.82) is 10.5 Å². The van der Waals surface area contributed by atoms with Crippen LogP contribution in [0.3, 0.4) is 0 Å². The van der Waals surface area contributed by atoms with Crippen LogP contribution < -0.4 is 10.6 Å². The molecule has 1 aliphatic heterocycles. The Bertz CT molecular complexity index is 990. The minimum Gasteiger partial charge on any atom is -0.339 e. The van der Waals surface area contributed by atoms with Crippen LogP contribution in [-0.4, -0.2) is 35.0 Å². The highest BCUT2D eigenvalue weighted by atomic mass is 32.2. The monoisotopic (exact) mass is 450 g/mol. The van der Waals surface area contributed by atoms with E-state index in [1.54, 1.807) is 19.3 Å². The van der Waals surface area contributed by atoms with Crippen LogP contribution in [0.4, 0.5) is 0 Å². The molecule has 1 amide bonds. The second kappa shape index (κ2) is 12.8. The summed E-state index contributed by atoms with van der Waals surface area (Å²) < 4.78 is 11.7. The van der Waals surface area contributed by atoms with Crippen molar-refractivity contribution in [1.82, 2.24) is 10.6 Å². The molecule has 1 aromatic carbocycles. The van der Waals surface area contributed by atoms with E-state index in [0.29, 0.717) is 11.3 Å². The maximum Gasteiger partial charge on any atom is 0.238 e. The molecule has 0 bridgehead atoms. The number of amides is 1. The second-order valence-corrected chi connectivity index (χ2v) is 9.34. The smallest absolute Gasteiger partial charge is 0.238 e. The molecule has 1 aromatic rings. The van der Waals surface area contributed by atoms with E-state index in [0.717, 1.165) is 48.1 Å². The largest absolute Gasteiger partial charge is 0.339 e. The normalized spacial score (nSPS) is 18.7. The van der Waals surface area contributed by atoms with E-state index in [9.17, 15) is 14.3 Å². The summed E-state index contributed by atoms with van der Waals surface area (Å²) in [6, 6.07) is 11.1. The van der Waals surface area contributed by atoms with Crippen molar-refractivity contribution in [3.8, 4) is 12.1 Å². The van der Waals surface area contributed by atoms with Gasteiger partial charge in [-0.25, -0.2) is 0 Å². The van der Waals surface area contributed by atoms with Crippen LogP contribution >= 0.6 is 0 Å². The third kappa shape index (κ3) is 7.60. The van der Waals surface area contributed by atoms with Crippen LogP contribution in [0.5, 0.6) is 0 Å². The lowest BCUT2D eigenvalue weighted by molar-refractivity contribution is -0.124. The zero-order chi connectivity index (χ0) is 23.5. The fraction of sp³-hybridized carbons (Fsp3) is 0.400. The summed E-state index contributed by atoms with van der Waals surface area (Å²) in [5.74, 6) is -0.115. The Morgan fingerprint density at radius 2 is 2.03 bits per heavy atom. The number of allylic oxidation sites excluding steroid dienone is 5. The van der Waals surface area contributed by atoms with E-state index in [1.807, 2.05) is 30.3 Å². The first-order valence-corrected chi connectivity index (χ1v) is 12.2. The fourth-order valence-corrected chi connectivity index (χ4v) is 3.94. The van der Waals surface area contributed by atoms with Gasteiger partial charge in [0.1, 0.15) is 6.04 Å². The predicted octanol–water partition coefficient (Wildman–Crippen LogP) is 3.52. The third-order valence-corrected chi connectivity index (χ3v) is 6.63. The van der Waals surface area contributed by atoms with Crippen LogP contribution in [0, 0.1) is 22.7 Å². The van der Waals surface area contributed by atoms with Crippen LogP contribution in [0.25, 0.3) is 5.57 Å². The van der Waals surface area contributed by atoms with Crippen molar-refractivity contribution in [3.05, 3.63) is 64.6 Å². The molecule has 1 unspecified atom stereocenters. The molecule has 7 heteroatoms. The van der Waals surface area contributed by atoms with Crippen LogP contribution in [0.2, 0.25) is 0 Å². The van der Waals surface area contributed by atoms with Crippen molar-refractivity contribution in [2.24, 2.45) is 0 Å². The zero-order valence-electron chi connectivity index (χ0n) is 18.7. The molecule has 0 aromatic heterocycles. The van der Waals surface area contributed by atoms with Crippen molar-refractivity contribution >= 4 is 22.3 Å². The Balaban J connectivity index is 2.00. The first-order valence-electron chi connectivity index (χ1n) is 10.7. The van der Waals surface area contributed by atoms with Gasteiger partial charge in [0.2, 0.25) is 5.91 Å². The molecule has 1 fully saturated rings. The molecule has 6 nitrogen and oxygen atoms in total. The van der Waals surface area contributed by atoms with Gasteiger partial charge in [0.15, 0.2) is 0 Å². The summed E-state index contributed by atoms with van der Waals surface area (Å²) in [5, 5.41) is 24.5. The Morgan fingerprint density at radius 1 is 1.31 bits per heavy atom. The average Bonchev–Trinajstić information content (AvgIpc) is 2.81. The van der Waals surface area contributed by atoms with Gasteiger partial charge in [-0.2, -0.15) is 10.5 Å². The quantitative estimate of drug-likeness (QED) is 0.560. The molecule has 0 radical (unpaired) electrons. The number of hydrogen-bond acceptors (Lipinski definition) is 5. The molecule has 0 aliphatic carbocycles. The summed E-state index contributed by atoms with van der Waals surface area (Å²) >= 11 is 0. The van der Waals surface area contributed by atoms with Crippen molar-refractivity contribution in [3.63, 3.8) is 0 Å². The Kier molecular flexibility index (Phi) is 10.1. The summed E-state index contributed by atoms with van der Waals surface area (Å²) in [5.41, 5.74) is 3.33. The van der Waals surface area contributed by atoms with Gasteiger partial charge in [-0.1, -0.05) is 49.4 Å². The molecule has 1 saturated heterocycles. The summed E-state index contributed by atoms with van der Waals surface area (Å²) in [6.45, 7) is 6.67. The van der Waals surface area contributed by atoms with Gasteiger partial charge < -0.3 is 10.6 Å². The number of piperidine rings is 1. The van der Waals surface area contributed by atoms with E-state index in [2.05, 4.69) is 29.4 Å². The van der Waals surface area contributed by atoms with Crippen LogP contribution in [0.15, 0.2) is 53.5 Å². The molecule has 1 heterocycles. The van der Waals surface area contributed by atoms with E-state index >= 15 is 0 Å². The van der Waals surface area contributed by atoms with Gasteiger partial charge in [0.05, 0.1) is 24.6 Å². The molecular weight excluding hydrogens is 420 g/mol. The van der Waals surface area contributed by atoms with Gasteiger partial charge in [0, 0.05) is 28.4 Å². The Hall–Kier alpha value is -3.00. The number of rotatable bonds is 9. The lowest BCUT2D eigenvalue weighted by Gasteiger charge is -2.23. The van der Waals surface area contributed by atoms with Gasteiger partial charge in [-0.15, -0.1) is 0 Å². The first-order chi connectivity index (χ1) is 15.3. The van der Waals surface area contributed by atoms with Gasteiger partial charge in [-0.3, -0.25) is 9.00 Å². The van der Waals surface area contributed by atoms with Crippen molar-refractivity contribution in [2.75, 3.05) is 12.8 Å². The summed E-state index contributed by atoms with van der Waals surface area (Å²) in [4.78, 5) is 13.1. The Labute approximate surface area is 193 Å². The number of carbonyl (C=O) groups is 1. The van der Waals surface area contributed by atoms with E-state index in [4.69, 9.17) is 5.26 Å². The lowest BCUT2D eigenvalue weighted by Crippen LogP contribution is -2.49. The topological polar surface area (TPSA) is 106 Å². The van der Waals surface area contributed by atoms with Crippen molar-refractivity contribution in [2.45, 2.75) is 51.1 Å². The predicted molar refractivity (Wildman–Crippen MR) is 129 cm³/mol. The van der Waals surface area contributed by atoms with Crippen LogP contribution in [0.1, 0.15) is 43.7 Å². The summed E-state index contributed by atoms with van der Waals surface area (Å²) in [6.07, 6.45) is 8.70. The number of hydrogen-bond donors (Lipinski definition) is 2. The minimum atomic E-state index is -1.13.